The first-order valence-electron chi connectivity index (χ1n) is 7.20. The van der Waals surface area contributed by atoms with Crippen LogP contribution in [0, 0.1) is 5.92 Å². The van der Waals surface area contributed by atoms with Crippen LogP contribution in [0.3, 0.4) is 0 Å². The van der Waals surface area contributed by atoms with E-state index in [1.54, 1.807) is 0 Å². The fourth-order valence-electron chi connectivity index (χ4n) is 3.77. The summed E-state index contributed by atoms with van der Waals surface area (Å²) in [7, 11) is 0. The standard InChI is InChI=1S/C15H23N3/c1-2-14(16)15(12-5-7-17-8-6-12)18-10-11-3-4-13(18)9-11/h5-8,11,13-15H,2-4,9-10,16H2,1H3. The van der Waals surface area contributed by atoms with Crippen molar-refractivity contribution in [1.29, 1.82) is 0 Å². The number of aromatic nitrogens is 1. The van der Waals surface area contributed by atoms with Crippen molar-refractivity contribution in [3.8, 4) is 0 Å². The summed E-state index contributed by atoms with van der Waals surface area (Å²) in [4.78, 5) is 6.79. The summed E-state index contributed by atoms with van der Waals surface area (Å²) in [6.07, 6.45) is 8.98. The van der Waals surface area contributed by atoms with Gasteiger partial charge in [-0.3, -0.25) is 9.88 Å². The lowest BCUT2D eigenvalue weighted by Crippen LogP contribution is -2.44. The SMILES string of the molecule is CCC(N)C(c1ccncc1)N1CC2CCC1C2. The zero-order valence-corrected chi connectivity index (χ0v) is 11.1. The van der Waals surface area contributed by atoms with Crippen molar-refractivity contribution in [2.24, 2.45) is 11.7 Å². The summed E-state index contributed by atoms with van der Waals surface area (Å²) >= 11 is 0. The molecule has 2 N–H and O–H groups in total. The molecule has 4 unspecified atom stereocenters. The first-order valence-corrected chi connectivity index (χ1v) is 7.20. The van der Waals surface area contributed by atoms with Gasteiger partial charge in [0.05, 0.1) is 6.04 Å². The molecule has 3 heteroatoms. The summed E-state index contributed by atoms with van der Waals surface area (Å²) < 4.78 is 0. The maximum Gasteiger partial charge on any atom is 0.0503 e. The minimum atomic E-state index is 0.228. The van der Waals surface area contributed by atoms with E-state index in [0.717, 1.165) is 18.4 Å². The Balaban J connectivity index is 1.87. The molecule has 3 nitrogen and oxygen atoms in total. The summed E-state index contributed by atoms with van der Waals surface area (Å²) in [6, 6.07) is 5.64. The van der Waals surface area contributed by atoms with Gasteiger partial charge in [-0.1, -0.05) is 6.92 Å². The highest BCUT2D eigenvalue weighted by atomic mass is 15.2. The van der Waals surface area contributed by atoms with E-state index < -0.39 is 0 Å². The lowest BCUT2D eigenvalue weighted by Gasteiger charge is -2.38. The molecule has 1 aromatic rings. The number of nitrogens with zero attached hydrogens (tertiary/aromatic N) is 2. The second-order valence-corrected chi connectivity index (χ2v) is 5.83. The molecule has 0 radical (unpaired) electrons. The topological polar surface area (TPSA) is 42.1 Å². The fraction of sp³-hybridized carbons (Fsp3) is 0.667. The van der Waals surface area contributed by atoms with E-state index in [9.17, 15) is 0 Å². The lowest BCUT2D eigenvalue weighted by molar-refractivity contribution is 0.127. The third-order valence-electron chi connectivity index (χ3n) is 4.73. The van der Waals surface area contributed by atoms with E-state index in [1.165, 1.54) is 31.4 Å². The number of likely N-dealkylation sites (tertiary alicyclic amines) is 1. The van der Waals surface area contributed by atoms with Gasteiger partial charge in [-0.2, -0.15) is 0 Å². The average Bonchev–Trinajstić information content (AvgIpc) is 3.02. The Kier molecular flexibility index (Phi) is 3.35. The van der Waals surface area contributed by atoms with Gasteiger partial charge in [0.15, 0.2) is 0 Å². The molecular formula is C15H23N3. The zero-order chi connectivity index (χ0) is 12.5. The fourth-order valence-corrected chi connectivity index (χ4v) is 3.77. The van der Waals surface area contributed by atoms with Crippen molar-refractivity contribution in [3.05, 3.63) is 30.1 Å². The molecular weight excluding hydrogens is 222 g/mol. The molecule has 0 aromatic carbocycles. The van der Waals surface area contributed by atoms with Gasteiger partial charge in [0.2, 0.25) is 0 Å². The van der Waals surface area contributed by atoms with Crippen LogP contribution in [0.2, 0.25) is 0 Å². The van der Waals surface area contributed by atoms with Crippen molar-refractivity contribution >= 4 is 0 Å². The molecule has 98 valence electrons. The molecule has 2 aliphatic rings. The van der Waals surface area contributed by atoms with E-state index >= 15 is 0 Å². The van der Waals surface area contributed by atoms with Gasteiger partial charge in [0.25, 0.3) is 0 Å². The van der Waals surface area contributed by atoms with E-state index in [2.05, 4.69) is 28.9 Å². The molecule has 1 aliphatic heterocycles. The molecule has 0 amide bonds. The first kappa shape index (κ1) is 12.1. The summed E-state index contributed by atoms with van der Waals surface area (Å²) in [5, 5.41) is 0. The highest BCUT2D eigenvalue weighted by Gasteiger charge is 2.42. The van der Waals surface area contributed by atoms with Gasteiger partial charge in [0.1, 0.15) is 0 Å². The number of nitrogens with two attached hydrogens (primary N) is 1. The van der Waals surface area contributed by atoms with Crippen molar-refractivity contribution < 1.29 is 0 Å². The number of hydrogen-bond donors (Lipinski definition) is 1. The van der Waals surface area contributed by atoms with Crippen LogP contribution in [0.15, 0.2) is 24.5 Å². The highest BCUT2D eigenvalue weighted by Crippen LogP contribution is 2.43. The van der Waals surface area contributed by atoms with E-state index in [-0.39, 0.29) is 6.04 Å². The summed E-state index contributed by atoms with van der Waals surface area (Å²) in [6.45, 7) is 3.43. The highest BCUT2D eigenvalue weighted by molar-refractivity contribution is 5.19. The van der Waals surface area contributed by atoms with Gasteiger partial charge < -0.3 is 5.73 Å². The van der Waals surface area contributed by atoms with Crippen molar-refractivity contribution in [2.45, 2.75) is 50.7 Å². The largest absolute Gasteiger partial charge is 0.326 e. The van der Waals surface area contributed by atoms with E-state index in [0.29, 0.717) is 6.04 Å². The van der Waals surface area contributed by atoms with Gasteiger partial charge in [-0.25, -0.2) is 0 Å². The zero-order valence-electron chi connectivity index (χ0n) is 11.1. The Morgan fingerprint density at radius 2 is 2.17 bits per heavy atom. The molecule has 1 aliphatic carbocycles. The Bertz CT molecular complexity index is 392. The Morgan fingerprint density at radius 1 is 1.39 bits per heavy atom. The first-order chi connectivity index (χ1) is 8.79. The van der Waals surface area contributed by atoms with Crippen LogP contribution < -0.4 is 5.73 Å². The quantitative estimate of drug-likeness (QED) is 0.885. The van der Waals surface area contributed by atoms with Crippen LogP contribution in [0.5, 0.6) is 0 Å². The molecule has 2 heterocycles. The normalized spacial score (nSPS) is 30.6. The predicted octanol–water partition coefficient (Wildman–Crippen LogP) is 2.34. The van der Waals surface area contributed by atoms with Gasteiger partial charge in [-0.15, -0.1) is 0 Å². The maximum atomic E-state index is 6.40. The molecule has 2 bridgehead atoms. The molecule has 2 fully saturated rings. The Morgan fingerprint density at radius 3 is 2.72 bits per heavy atom. The van der Waals surface area contributed by atoms with Gasteiger partial charge in [0, 0.05) is 31.0 Å². The van der Waals surface area contributed by atoms with Crippen LogP contribution >= 0.6 is 0 Å². The number of piperidine rings is 1. The third kappa shape index (κ3) is 2.06. The maximum absolute atomic E-state index is 6.40. The van der Waals surface area contributed by atoms with Crippen LogP contribution in [-0.4, -0.2) is 28.5 Å². The van der Waals surface area contributed by atoms with Crippen LogP contribution in [0.1, 0.15) is 44.2 Å². The number of rotatable bonds is 4. The van der Waals surface area contributed by atoms with Crippen molar-refractivity contribution in [1.82, 2.24) is 9.88 Å². The monoisotopic (exact) mass is 245 g/mol. The lowest BCUT2D eigenvalue weighted by atomic mass is 9.95. The van der Waals surface area contributed by atoms with Gasteiger partial charge >= 0.3 is 0 Å². The van der Waals surface area contributed by atoms with Crippen LogP contribution in [0.4, 0.5) is 0 Å². The number of pyridine rings is 1. The molecule has 18 heavy (non-hydrogen) atoms. The minimum absolute atomic E-state index is 0.228. The molecule has 1 aromatic heterocycles. The molecule has 0 spiro atoms. The average molecular weight is 245 g/mol. The third-order valence-corrected chi connectivity index (χ3v) is 4.73. The predicted molar refractivity (Wildman–Crippen MR) is 73.1 cm³/mol. The van der Waals surface area contributed by atoms with Crippen LogP contribution in [0.25, 0.3) is 0 Å². The smallest absolute Gasteiger partial charge is 0.0503 e. The minimum Gasteiger partial charge on any atom is -0.326 e. The molecule has 4 atom stereocenters. The van der Waals surface area contributed by atoms with E-state index in [4.69, 9.17) is 5.73 Å². The Hall–Kier alpha value is -0.930. The van der Waals surface area contributed by atoms with Gasteiger partial charge in [-0.05, 0) is 49.3 Å². The number of hydrogen-bond acceptors (Lipinski definition) is 3. The molecule has 3 rings (SSSR count). The second-order valence-electron chi connectivity index (χ2n) is 5.83. The second kappa shape index (κ2) is 4.98. The summed E-state index contributed by atoms with van der Waals surface area (Å²) in [5.74, 6) is 0.920. The molecule has 1 saturated carbocycles. The van der Waals surface area contributed by atoms with Crippen molar-refractivity contribution in [3.63, 3.8) is 0 Å². The van der Waals surface area contributed by atoms with E-state index in [1.807, 2.05) is 12.4 Å². The Labute approximate surface area is 109 Å². The number of fused-ring (bicyclic) bond motifs is 2. The van der Waals surface area contributed by atoms with Crippen LogP contribution in [-0.2, 0) is 0 Å². The molecule has 1 saturated heterocycles. The van der Waals surface area contributed by atoms with Crippen molar-refractivity contribution in [2.75, 3.05) is 6.54 Å². The summed E-state index contributed by atoms with van der Waals surface area (Å²) in [5.41, 5.74) is 7.74.